The molecule has 0 saturated heterocycles. The summed E-state index contributed by atoms with van der Waals surface area (Å²) < 4.78 is 27.4. The minimum Gasteiger partial charge on any atom is -0.211 e. The van der Waals surface area contributed by atoms with Crippen LogP contribution in [0.4, 0.5) is 0 Å². The fourth-order valence-electron chi connectivity index (χ4n) is 2.54. The minimum absolute atomic E-state index is 0.280. The second-order valence-electron chi connectivity index (χ2n) is 6.25. The van der Waals surface area contributed by atoms with E-state index >= 15 is 0 Å². The molecule has 0 spiro atoms. The third-order valence-corrected chi connectivity index (χ3v) is 6.22. The van der Waals surface area contributed by atoms with E-state index in [0.717, 1.165) is 22.3 Å². The minimum atomic E-state index is -3.50. The van der Waals surface area contributed by atoms with Crippen molar-refractivity contribution >= 4 is 26.9 Å². The van der Waals surface area contributed by atoms with Gasteiger partial charge in [0.1, 0.15) is 0 Å². The molecule has 3 aromatic rings. The summed E-state index contributed by atoms with van der Waals surface area (Å²) in [5.74, 6) is 6.38. The fourth-order valence-corrected chi connectivity index (χ4v) is 4.18. The van der Waals surface area contributed by atoms with E-state index in [2.05, 4.69) is 16.6 Å². The van der Waals surface area contributed by atoms with Gasteiger partial charge in [-0.3, -0.25) is 0 Å². The third-order valence-electron chi connectivity index (χ3n) is 4.06. The average Bonchev–Trinajstić information content (AvgIpc) is 3.22. The molecule has 1 N–H and O–H groups in total. The van der Waals surface area contributed by atoms with Gasteiger partial charge in [-0.25, -0.2) is 13.1 Å². The van der Waals surface area contributed by atoms with Crippen molar-refractivity contribution in [3.8, 4) is 11.8 Å². The second-order valence-corrected chi connectivity index (χ2v) is 8.79. The molecule has 28 heavy (non-hydrogen) atoms. The number of hydrogen-bond donors (Lipinski definition) is 1. The van der Waals surface area contributed by atoms with Crippen LogP contribution < -0.4 is 4.72 Å². The predicted octanol–water partition coefficient (Wildman–Crippen LogP) is 4.86. The van der Waals surface area contributed by atoms with Crippen LogP contribution in [-0.2, 0) is 10.0 Å². The summed E-state index contributed by atoms with van der Waals surface area (Å²) in [7, 11) is -3.50. The summed E-state index contributed by atoms with van der Waals surface area (Å²) in [5.41, 5.74) is 3.92. The molecular formula is C23H21NO2S2. The van der Waals surface area contributed by atoms with Crippen molar-refractivity contribution in [3.63, 3.8) is 0 Å². The van der Waals surface area contributed by atoms with Crippen molar-refractivity contribution in [2.75, 3.05) is 6.54 Å². The van der Waals surface area contributed by atoms with Crippen LogP contribution in [0.5, 0.6) is 0 Å². The molecule has 3 rings (SSSR count). The predicted molar refractivity (Wildman–Crippen MR) is 117 cm³/mol. The Balaban J connectivity index is 1.70. The van der Waals surface area contributed by atoms with Crippen molar-refractivity contribution in [1.82, 2.24) is 4.72 Å². The van der Waals surface area contributed by atoms with Crippen LogP contribution in [0, 0.1) is 18.8 Å². The van der Waals surface area contributed by atoms with E-state index in [1.165, 1.54) is 0 Å². The Morgan fingerprint density at radius 3 is 2.50 bits per heavy atom. The van der Waals surface area contributed by atoms with Crippen LogP contribution in [0.15, 0.2) is 82.4 Å². The van der Waals surface area contributed by atoms with Gasteiger partial charge < -0.3 is 0 Å². The van der Waals surface area contributed by atoms with Crippen molar-refractivity contribution in [3.05, 3.63) is 94.2 Å². The number of hydrogen-bond acceptors (Lipinski definition) is 3. The lowest BCUT2D eigenvalue weighted by molar-refractivity contribution is 0.582. The number of thiophene rings is 1. The molecule has 0 amide bonds. The first-order chi connectivity index (χ1) is 13.5. The first-order valence-corrected chi connectivity index (χ1v) is 11.3. The lowest BCUT2D eigenvalue weighted by Crippen LogP contribution is -2.24. The van der Waals surface area contributed by atoms with Crippen LogP contribution in [0.3, 0.4) is 0 Å². The van der Waals surface area contributed by atoms with Gasteiger partial charge in [0.25, 0.3) is 0 Å². The van der Waals surface area contributed by atoms with Crippen molar-refractivity contribution in [2.24, 2.45) is 0 Å². The average molecular weight is 408 g/mol. The van der Waals surface area contributed by atoms with Crippen LogP contribution in [0.25, 0.3) is 5.57 Å². The summed E-state index contributed by atoms with van der Waals surface area (Å²) in [6.45, 7) is 2.24. The van der Waals surface area contributed by atoms with Crippen LogP contribution >= 0.6 is 11.3 Å². The van der Waals surface area contributed by atoms with Crippen LogP contribution in [0.1, 0.15) is 23.1 Å². The SMILES string of the molecule is Cc1ccc(S(=O)(=O)NCC/C=C(\C#Cc2ccsc2)c2ccccc2)cc1. The Labute approximate surface area is 170 Å². The zero-order chi connectivity index (χ0) is 19.8. The monoisotopic (exact) mass is 407 g/mol. The molecule has 1 aromatic heterocycles. The van der Waals surface area contributed by atoms with E-state index < -0.39 is 10.0 Å². The van der Waals surface area contributed by atoms with E-state index in [-0.39, 0.29) is 4.90 Å². The largest absolute Gasteiger partial charge is 0.240 e. The Kier molecular flexibility index (Phi) is 6.83. The van der Waals surface area contributed by atoms with E-state index in [4.69, 9.17) is 0 Å². The number of sulfonamides is 1. The molecule has 0 unspecified atom stereocenters. The fraction of sp³-hybridized carbons (Fsp3) is 0.130. The van der Waals surface area contributed by atoms with Gasteiger partial charge in [-0.2, -0.15) is 11.3 Å². The zero-order valence-corrected chi connectivity index (χ0v) is 17.2. The number of allylic oxidation sites excluding steroid dienone is 1. The lowest BCUT2D eigenvalue weighted by Gasteiger charge is -2.06. The maximum atomic E-state index is 12.4. The highest BCUT2D eigenvalue weighted by atomic mass is 32.2. The van der Waals surface area contributed by atoms with Gasteiger partial charge in [-0.15, -0.1) is 0 Å². The van der Waals surface area contributed by atoms with Gasteiger partial charge in [0.2, 0.25) is 10.0 Å². The normalized spacial score (nSPS) is 11.7. The lowest BCUT2D eigenvalue weighted by atomic mass is 10.0. The molecule has 3 nitrogen and oxygen atoms in total. The molecule has 142 valence electrons. The van der Waals surface area contributed by atoms with Gasteiger partial charge in [-0.05, 0) is 42.5 Å². The van der Waals surface area contributed by atoms with E-state index in [1.807, 2.05) is 60.2 Å². The molecule has 0 atom stereocenters. The van der Waals surface area contributed by atoms with Gasteiger partial charge in [0, 0.05) is 23.1 Å². The Hall–Kier alpha value is -2.65. The number of rotatable bonds is 6. The van der Waals surface area contributed by atoms with E-state index in [0.29, 0.717) is 13.0 Å². The van der Waals surface area contributed by atoms with Gasteiger partial charge in [-0.1, -0.05) is 65.9 Å². The Morgan fingerprint density at radius 2 is 1.82 bits per heavy atom. The summed E-state index contributed by atoms with van der Waals surface area (Å²) >= 11 is 1.61. The summed E-state index contributed by atoms with van der Waals surface area (Å²) in [6, 6.07) is 18.7. The summed E-state index contributed by atoms with van der Waals surface area (Å²) in [5, 5.41) is 4.00. The first kappa shape index (κ1) is 20.1. The number of aryl methyl sites for hydroxylation is 1. The maximum Gasteiger partial charge on any atom is 0.240 e. The Morgan fingerprint density at radius 1 is 1.07 bits per heavy atom. The molecule has 0 radical (unpaired) electrons. The van der Waals surface area contributed by atoms with Gasteiger partial charge in [0.05, 0.1) is 4.90 Å². The maximum absolute atomic E-state index is 12.4. The summed E-state index contributed by atoms with van der Waals surface area (Å²) in [6.07, 6.45) is 2.53. The molecule has 0 saturated carbocycles. The molecule has 0 bridgehead atoms. The zero-order valence-electron chi connectivity index (χ0n) is 15.6. The highest BCUT2D eigenvalue weighted by Gasteiger charge is 2.12. The first-order valence-electron chi connectivity index (χ1n) is 8.91. The molecular weight excluding hydrogens is 386 g/mol. The van der Waals surface area contributed by atoms with E-state index in [1.54, 1.807) is 35.6 Å². The molecule has 0 aliphatic carbocycles. The molecule has 0 fully saturated rings. The number of benzene rings is 2. The Bertz CT molecular complexity index is 1090. The van der Waals surface area contributed by atoms with Gasteiger partial charge >= 0.3 is 0 Å². The van der Waals surface area contributed by atoms with E-state index in [9.17, 15) is 8.42 Å². The molecule has 1 heterocycles. The van der Waals surface area contributed by atoms with Crippen molar-refractivity contribution < 1.29 is 8.42 Å². The molecule has 0 aliphatic heterocycles. The number of nitrogens with one attached hydrogen (secondary N) is 1. The van der Waals surface area contributed by atoms with Gasteiger partial charge in [0.15, 0.2) is 0 Å². The molecule has 0 aliphatic rings. The highest BCUT2D eigenvalue weighted by Crippen LogP contribution is 2.15. The van der Waals surface area contributed by atoms with Crippen molar-refractivity contribution in [2.45, 2.75) is 18.2 Å². The smallest absolute Gasteiger partial charge is 0.211 e. The highest BCUT2D eigenvalue weighted by molar-refractivity contribution is 7.89. The molecule has 5 heteroatoms. The quantitative estimate of drug-likeness (QED) is 0.468. The summed E-state index contributed by atoms with van der Waals surface area (Å²) in [4.78, 5) is 0.280. The van der Waals surface area contributed by atoms with Crippen molar-refractivity contribution in [1.29, 1.82) is 0 Å². The standard InChI is InChI=1S/C23H21NO2S2/c1-19-9-13-23(14-10-19)28(25,26)24-16-5-8-22(21-6-3-2-4-7-21)12-11-20-15-17-27-18-20/h2-4,6-10,13-15,17-18,24H,5,16H2,1H3/b22-8+. The topological polar surface area (TPSA) is 46.2 Å². The van der Waals surface area contributed by atoms with Crippen LogP contribution in [0.2, 0.25) is 0 Å². The van der Waals surface area contributed by atoms with Crippen LogP contribution in [-0.4, -0.2) is 15.0 Å². The molecule has 2 aromatic carbocycles. The second kappa shape index (κ2) is 9.52. The third kappa shape index (κ3) is 5.67.